The molecule has 0 aliphatic heterocycles. The van der Waals surface area contributed by atoms with Gasteiger partial charge in [-0.15, -0.1) is 0 Å². The van der Waals surface area contributed by atoms with Crippen LogP contribution in [0.4, 0.5) is 5.69 Å². The van der Waals surface area contributed by atoms with E-state index < -0.39 is 28.8 Å². The van der Waals surface area contributed by atoms with E-state index in [1.165, 1.54) is 24.4 Å². The van der Waals surface area contributed by atoms with Crippen molar-refractivity contribution in [3.63, 3.8) is 0 Å². The number of hydrogen-bond acceptors (Lipinski definition) is 8. The van der Waals surface area contributed by atoms with E-state index in [0.29, 0.717) is 16.7 Å². The number of aromatic hydroxyl groups is 1. The van der Waals surface area contributed by atoms with E-state index >= 15 is 0 Å². The standard InChI is InChI=1S/C27H24N6O5/c1-32(2)26(36)17-9-10-18(13-28)20(11-17)21(16-7-5-4-6-8-16)12-22-31-23(24(34)27(37)33(22)3)25(35)30-19-14-29-38-15-19/h4-11,14-15,21,34H,12H2,1-3H3,(H,30,35). The molecule has 38 heavy (non-hydrogen) atoms. The lowest BCUT2D eigenvalue weighted by atomic mass is 9.84. The van der Waals surface area contributed by atoms with Crippen LogP contribution in [0.25, 0.3) is 0 Å². The molecule has 0 aliphatic carbocycles. The molecule has 0 fully saturated rings. The van der Waals surface area contributed by atoms with Gasteiger partial charge in [0.2, 0.25) is 5.75 Å². The Kier molecular flexibility index (Phi) is 7.34. The lowest BCUT2D eigenvalue weighted by molar-refractivity contribution is 0.0827. The van der Waals surface area contributed by atoms with Gasteiger partial charge in [0.15, 0.2) is 5.69 Å². The smallest absolute Gasteiger partial charge is 0.296 e. The van der Waals surface area contributed by atoms with E-state index in [-0.39, 0.29) is 23.8 Å². The van der Waals surface area contributed by atoms with Crippen molar-refractivity contribution in [3.8, 4) is 11.8 Å². The van der Waals surface area contributed by atoms with Crippen molar-refractivity contribution in [2.75, 3.05) is 19.4 Å². The predicted molar refractivity (Wildman–Crippen MR) is 137 cm³/mol. The average molecular weight is 513 g/mol. The Morgan fingerprint density at radius 2 is 1.95 bits per heavy atom. The fraction of sp³-hybridized carbons (Fsp3) is 0.185. The molecule has 2 N–H and O–H groups in total. The molecule has 11 nitrogen and oxygen atoms in total. The Balaban J connectivity index is 1.84. The summed E-state index contributed by atoms with van der Waals surface area (Å²) in [5.74, 6) is -2.19. The van der Waals surface area contributed by atoms with Gasteiger partial charge in [-0.2, -0.15) is 5.26 Å². The van der Waals surface area contributed by atoms with Crippen molar-refractivity contribution in [2.24, 2.45) is 7.05 Å². The van der Waals surface area contributed by atoms with Crippen LogP contribution in [0.1, 0.15) is 49.3 Å². The number of anilines is 1. The highest BCUT2D eigenvalue weighted by Gasteiger charge is 2.26. The van der Waals surface area contributed by atoms with Crippen molar-refractivity contribution in [3.05, 3.63) is 105 Å². The quantitative estimate of drug-likeness (QED) is 0.383. The second-order valence-electron chi connectivity index (χ2n) is 8.74. The monoisotopic (exact) mass is 512 g/mol. The van der Waals surface area contributed by atoms with Crippen molar-refractivity contribution < 1.29 is 19.2 Å². The molecule has 2 aromatic carbocycles. The largest absolute Gasteiger partial charge is 0.501 e. The topological polar surface area (TPSA) is 154 Å². The maximum absolute atomic E-state index is 12.9. The summed E-state index contributed by atoms with van der Waals surface area (Å²) in [6.07, 6.45) is 2.53. The first-order valence-corrected chi connectivity index (χ1v) is 11.5. The summed E-state index contributed by atoms with van der Waals surface area (Å²) in [6.45, 7) is 0. The zero-order valence-electron chi connectivity index (χ0n) is 20.9. The van der Waals surface area contributed by atoms with Crippen molar-refractivity contribution in [1.82, 2.24) is 19.6 Å². The number of hydrogen-bond donors (Lipinski definition) is 2. The molecule has 2 aromatic heterocycles. The molecule has 4 aromatic rings. The molecular formula is C27H24N6O5. The molecular weight excluding hydrogens is 488 g/mol. The third-order valence-electron chi connectivity index (χ3n) is 6.05. The number of nitrogens with zero attached hydrogens (tertiary/aromatic N) is 5. The number of amides is 2. The molecule has 4 rings (SSSR count). The number of benzene rings is 2. The summed E-state index contributed by atoms with van der Waals surface area (Å²) in [4.78, 5) is 44.2. The zero-order chi connectivity index (χ0) is 27.4. The lowest BCUT2D eigenvalue weighted by Crippen LogP contribution is -2.28. The van der Waals surface area contributed by atoms with Crippen LogP contribution in [-0.4, -0.2) is 50.6 Å². The first-order chi connectivity index (χ1) is 18.2. The minimum Gasteiger partial charge on any atom is -0.501 e. The van der Waals surface area contributed by atoms with Gasteiger partial charge >= 0.3 is 0 Å². The molecule has 192 valence electrons. The molecule has 11 heteroatoms. The van der Waals surface area contributed by atoms with Crippen molar-refractivity contribution in [2.45, 2.75) is 12.3 Å². The van der Waals surface area contributed by atoms with E-state index in [1.54, 1.807) is 32.3 Å². The number of nitrogens with one attached hydrogen (secondary N) is 1. The maximum Gasteiger partial charge on any atom is 0.296 e. The van der Waals surface area contributed by atoms with Crippen LogP contribution in [-0.2, 0) is 13.5 Å². The Labute approximate surface area is 217 Å². The predicted octanol–water partition coefficient (Wildman–Crippen LogP) is 2.67. The van der Waals surface area contributed by atoms with E-state index in [0.717, 1.165) is 10.1 Å². The summed E-state index contributed by atoms with van der Waals surface area (Å²) in [7, 11) is 4.71. The first kappa shape index (κ1) is 25.8. The second kappa shape index (κ2) is 10.8. The number of carbonyl (C=O) groups is 2. The summed E-state index contributed by atoms with van der Waals surface area (Å²) < 4.78 is 5.85. The Hall–Kier alpha value is -5.24. The molecule has 2 amide bonds. The van der Waals surface area contributed by atoms with Gasteiger partial charge in [-0.25, -0.2) is 4.98 Å². The van der Waals surface area contributed by atoms with Crippen LogP contribution in [0.2, 0.25) is 0 Å². The molecule has 1 unspecified atom stereocenters. The second-order valence-corrected chi connectivity index (χ2v) is 8.74. The van der Waals surface area contributed by atoms with E-state index in [2.05, 4.69) is 21.5 Å². The summed E-state index contributed by atoms with van der Waals surface area (Å²) in [5.41, 5.74) is 1.05. The summed E-state index contributed by atoms with van der Waals surface area (Å²) >= 11 is 0. The van der Waals surface area contributed by atoms with E-state index in [1.807, 2.05) is 30.3 Å². The SMILES string of the molecule is CN(C)C(=O)c1ccc(C#N)c(C(Cc2nc(C(=O)Nc3cnoc3)c(O)c(=O)n2C)c2ccccc2)c1. The third-order valence-corrected chi connectivity index (χ3v) is 6.05. The third kappa shape index (κ3) is 5.15. The van der Waals surface area contributed by atoms with Gasteiger partial charge < -0.3 is 19.8 Å². The molecule has 0 saturated heterocycles. The van der Waals surface area contributed by atoms with Crippen molar-refractivity contribution in [1.29, 1.82) is 5.26 Å². The number of aromatic nitrogens is 3. The summed E-state index contributed by atoms with van der Waals surface area (Å²) in [6, 6.07) is 16.3. The fourth-order valence-electron chi connectivity index (χ4n) is 4.05. The van der Waals surface area contributed by atoms with Crippen LogP contribution >= 0.6 is 0 Å². The first-order valence-electron chi connectivity index (χ1n) is 11.5. The Bertz CT molecular complexity index is 1590. The number of nitriles is 1. The van der Waals surface area contributed by atoms with Crippen LogP contribution in [0.15, 0.2) is 70.3 Å². The van der Waals surface area contributed by atoms with E-state index in [9.17, 15) is 24.8 Å². The minimum atomic E-state index is -0.822. The molecule has 0 bridgehead atoms. The van der Waals surface area contributed by atoms with Crippen LogP contribution in [0, 0.1) is 11.3 Å². The highest BCUT2D eigenvalue weighted by molar-refractivity contribution is 6.04. The normalized spacial score (nSPS) is 11.4. The van der Waals surface area contributed by atoms with Gasteiger partial charge in [0.1, 0.15) is 17.8 Å². The van der Waals surface area contributed by atoms with Crippen molar-refractivity contribution >= 4 is 17.5 Å². The highest BCUT2D eigenvalue weighted by Crippen LogP contribution is 2.31. The highest BCUT2D eigenvalue weighted by atomic mass is 16.5. The van der Waals surface area contributed by atoms with Crippen LogP contribution < -0.4 is 10.9 Å². The Morgan fingerprint density at radius 1 is 1.21 bits per heavy atom. The van der Waals surface area contributed by atoms with Gasteiger partial charge in [-0.05, 0) is 29.3 Å². The average Bonchev–Trinajstić information content (AvgIpc) is 3.44. The van der Waals surface area contributed by atoms with Gasteiger partial charge in [0, 0.05) is 39.0 Å². The molecule has 2 heterocycles. The van der Waals surface area contributed by atoms with Crippen LogP contribution in [0.5, 0.6) is 5.75 Å². The van der Waals surface area contributed by atoms with Gasteiger partial charge in [0.25, 0.3) is 17.4 Å². The molecule has 0 saturated carbocycles. The van der Waals surface area contributed by atoms with Gasteiger partial charge in [-0.3, -0.25) is 19.0 Å². The zero-order valence-corrected chi connectivity index (χ0v) is 20.9. The van der Waals surface area contributed by atoms with E-state index in [4.69, 9.17) is 4.52 Å². The van der Waals surface area contributed by atoms with Crippen LogP contribution in [0.3, 0.4) is 0 Å². The summed E-state index contributed by atoms with van der Waals surface area (Å²) in [5, 5.41) is 26.3. The van der Waals surface area contributed by atoms with Gasteiger partial charge in [0.05, 0.1) is 17.8 Å². The lowest BCUT2D eigenvalue weighted by Gasteiger charge is -2.22. The van der Waals surface area contributed by atoms with Gasteiger partial charge in [-0.1, -0.05) is 35.5 Å². The number of carbonyl (C=O) groups excluding carboxylic acids is 2. The Morgan fingerprint density at radius 3 is 2.58 bits per heavy atom. The molecule has 0 spiro atoms. The minimum absolute atomic E-state index is 0.0812. The molecule has 1 atom stereocenters. The maximum atomic E-state index is 12.9. The fourth-order valence-corrected chi connectivity index (χ4v) is 4.05. The number of rotatable bonds is 7. The molecule has 0 radical (unpaired) electrons. The molecule has 0 aliphatic rings.